The first-order valence-electron chi connectivity index (χ1n) is 11.0. The Balaban J connectivity index is 1.45. The third kappa shape index (κ3) is 4.75. The second-order valence-electron chi connectivity index (χ2n) is 8.62. The topological polar surface area (TPSA) is 67.3 Å². The van der Waals surface area contributed by atoms with Gasteiger partial charge in [0.05, 0.1) is 5.25 Å². The standard InChI is InChI=1S/C24H33N3O3S/c1-19-8-13-24(22-6-4-3-5-7-22)31(29,30)27(19)18-21-9-11-23(12-10-21)26-16-14-25(15-17-26)20(2)28/h3-7,9-12,19,24,29-30H,8,13-18H2,1-2H3/t19-,24?/m1/s1. The zero-order valence-corrected chi connectivity index (χ0v) is 19.2. The van der Waals surface area contributed by atoms with E-state index in [9.17, 15) is 13.9 Å². The summed E-state index contributed by atoms with van der Waals surface area (Å²) in [5, 5.41) is -0.248. The molecule has 168 valence electrons. The maximum absolute atomic E-state index is 11.5. The molecule has 2 aliphatic rings. The average Bonchev–Trinajstić information content (AvgIpc) is 2.77. The molecule has 0 aromatic heterocycles. The third-order valence-electron chi connectivity index (χ3n) is 6.60. The Morgan fingerprint density at radius 1 is 0.968 bits per heavy atom. The maximum Gasteiger partial charge on any atom is 0.219 e. The number of carbonyl (C=O) groups is 1. The van der Waals surface area contributed by atoms with E-state index in [1.807, 2.05) is 39.5 Å². The van der Waals surface area contributed by atoms with Crippen molar-refractivity contribution in [3.63, 3.8) is 0 Å². The summed E-state index contributed by atoms with van der Waals surface area (Å²) in [6.07, 6.45) is 1.73. The molecule has 2 heterocycles. The Bertz CT molecular complexity index is 883. The van der Waals surface area contributed by atoms with Crippen LogP contribution in [-0.2, 0) is 11.3 Å². The molecule has 2 atom stereocenters. The van der Waals surface area contributed by atoms with Gasteiger partial charge in [0.1, 0.15) is 0 Å². The van der Waals surface area contributed by atoms with Crippen LogP contribution in [0.4, 0.5) is 5.69 Å². The number of hydrogen-bond acceptors (Lipinski definition) is 5. The molecule has 2 aromatic carbocycles. The fourth-order valence-corrected chi connectivity index (χ4v) is 6.94. The van der Waals surface area contributed by atoms with Gasteiger partial charge in [0, 0.05) is 51.4 Å². The van der Waals surface area contributed by atoms with E-state index >= 15 is 0 Å². The minimum atomic E-state index is -2.92. The van der Waals surface area contributed by atoms with Crippen LogP contribution in [0.15, 0.2) is 54.6 Å². The summed E-state index contributed by atoms with van der Waals surface area (Å²) in [4.78, 5) is 15.7. The van der Waals surface area contributed by atoms with Crippen molar-refractivity contribution >= 4 is 22.4 Å². The predicted octanol–water partition coefficient (Wildman–Crippen LogP) is 4.75. The molecule has 0 aliphatic carbocycles. The third-order valence-corrected chi connectivity index (χ3v) is 9.05. The lowest BCUT2D eigenvalue weighted by molar-refractivity contribution is -0.129. The van der Waals surface area contributed by atoms with Crippen LogP contribution < -0.4 is 4.90 Å². The fourth-order valence-electron chi connectivity index (χ4n) is 4.66. The second-order valence-corrected chi connectivity index (χ2v) is 10.8. The molecule has 6 nitrogen and oxygen atoms in total. The second kappa shape index (κ2) is 9.20. The van der Waals surface area contributed by atoms with Gasteiger partial charge in [-0.05, 0) is 43.0 Å². The molecule has 2 fully saturated rings. The number of anilines is 1. The molecule has 2 aromatic rings. The molecule has 0 bridgehead atoms. The Morgan fingerprint density at radius 2 is 1.61 bits per heavy atom. The largest absolute Gasteiger partial charge is 0.368 e. The normalized spacial score (nSPS) is 25.3. The summed E-state index contributed by atoms with van der Waals surface area (Å²) in [5.74, 6) is 0.137. The van der Waals surface area contributed by atoms with Gasteiger partial charge in [0.15, 0.2) is 0 Å². The first kappa shape index (κ1) is 22.1. The lowest BCUT2D eigenvalue weighted by Gasteiger charge is -2.54. The van der Waals surface area contributed by atoms with E-state index in [1.165, 1.54) is 0 Å². The summed E-state index contributed by atoms with van der Waals surface area (Å²) in [7, 11) is -2.92. The highest BCUT2D eigenvalue weighted by atomic mass is 32.3. The van der Waals surface area contributed by atoms with Crippen molar-refractivity contribution in [2.45, 2.75) is 44.5 Å². The molecule has 1 unspecified atom stereocenters. The van der Waals surface area contributed by atoms with Crippen molar-refractivity contribution in [2.75, 3.05) is 31.1 Å². The molecule has 0 radical (unpaired) electrons. The van der Waals surface area contributed by atoms with Crippen LogP contribution in [-0.4, -0.2) is 56.4 Å². The Labute approximate surface area is 186 Å². The van der Waals surface area contributed by atoms with Gasteiger partial charge in [-0.2, -0.15) is 4.31 Å². The Kier molecular flexibility index (Phi) is 6.57. The van der Waals surface area contributed by atoms with Crippen LogP contribution >= 0.6 is 10.8 Å². The number of amides is 1. The molecule has 2 N–H and O–H groups in total. The van der Waals surface area contributed by atoms with Gasteiger partial charge in [0.25, 0.3) is 0 Å². The van der Waals surface area contributed by atoms with Gasteiger partial charge in [0.2, 0.25) is 5.91 Å². The molecule has 0 spiro atoms. The van der Waals surface area contributed by atoms with Crippen LogP contribution in [0.3, 0.4) is 0 Å². The number of carbonyl (C=O) groups excluding carboxylic acids is 1. The predicted molar refractivity (Wildman–Crippen MR) is 127 cm³/mol. The van der Waals surface area contributed by atoms with E-state index in [-0.39, 0.29) is 17.2 Å². The van der Waals surface area contributed by atoms with E-state index in [1.54, 1.807) is 6.92 Å². The number of nitrogens with zero attached hydrogens (tertiary/aromatic N) is 3. The van der Waals surface area contributed by atoms with Crippen molar-refractivity contribution in [1.82, 2.24) is 9.21 Å². The van der Waals surface area contributed by atoms with Crippen molar-refractivity contribution in [3.05, 3.63) is 65.7 Å². The van der Waals surface area contributed by atoms with Crippen molar-refractivity contribution in [2.24, 2.45) is 0 Å². The molecule has 7 heteroatoms. The van der Waals surface area contributed by atoms with Crippen molar-refractivity contribution in [1.29, 1.82) is 0 Å². The number of piperazine rings is 1. The molecule has 2 saturated heterocycles. The molecule has 2 aliphatic heterocycles. The quantitative estimate of drug-likeness (QED) is 0.714. The highest BCUT2D eigenvalue weighted by Crippen LogP contribution is 2.62. The van der Waals surface area contributed by atoms with Crippen LogP contribution in [0.5, 0.6) is 0 Å². The van der Waals surface area contributed by atoms with Gasteiger partial charge < -0.3 is 9.80 Å². The van der Waals surface area contributed by atoms with Crippen molar-refractivity contribution < 1.29 is 13.9 Å². The van der Waals surface area contributed by atoms with E-state index in [0.717, 1.165) is 55.8 Å². The minimum Gasteiger partial charge on any atom is -0.368 e. The Hall–Kier alpha value is -2.06. The van der Waals surface area contributed by atoms with E-state index in [0.29, 0.717) is 6.54 Å². The lowest BCUT2D eigenvalue weighted by Crippen LogP contribution is -2.48. The molecular formula is C24H33N3O3S. The molecule has 4 rings (SSSR count). The molecular weight excluding hydrogens is 410 g/mol. The SMILES string of the molecule is CC(=O)N1CCN(c2ccc(CN3[C@H](C)CCC(c4ccccc4)S3(O)O)cc2)CC1. The monoisotopic (exact) mass is 443 g/mol. The van der Waals surface area contributed by atoms with Gasteiger partial charge in [-0.15, -0.1) is 10.8 Å². The summed E-state index contributed by atoms with van der Waals surface area (Å²) in [5.41, 5.74) is 3.22. The van der Waals surface area contributed by atoms with Crippen LogP contribution in [0.25, 0.3) is 0 Å². The average molecular weight is 444 g/mol. The van der Waals surface area contributed by atoms with Crippen LogP contribution in [0, 0.1) is 0 Å². The Morgan fingerprint density at radius 3 is 2.23 bits per heavy atom. The van der Waals surface area contributed by atoms with Gasteiger partial charge in [-0.3, -0.25) is 13.9 Å². The van der Waals surface area contributed by atoms with E-state index in [2.05, 4.69) is 36.1 Å². The summed E-state index contributed by atoms with van der Waals surface area (Å²) in [6.45, 7) is 7.40. The maximum atomic E-state index is 11.5. The smallest absolute Gasteiger partial charge is 0.219 e. The zero-order valence-electron chi connectivity index (χ0n) is 18.4. The van der Waals surface area contributed by atoms with Crippen LogP contribution in [0.1, 0.15) is 43.1 Å². The summed E-state index contributed by atoms with van der Waals surface area (Å²) in [6, 6.07) is 18.4. The first-order chi connectivity index (χ1) is 14.9. The minimum absolute atomic E-state index is 0.115. The number of hydrogen-bond donors (Lipinski definition) is 2. The highest BCUT2D eigenvalue weighted by molar-refractivity contribution is 8.22. The summed E-state index contributed by atoms with van der Waals surface area (Å²) < 4.78 is 24.4. The van der Waals surface area contributed by atoms with E-state index < -0.39 is 10.8 Å². The number of rotatable bonds is 4. The molecule has 31 heavy (non-hydrogen) atoms. The van der Waals surface area contributed by atoms with Crippen molar-refractivity contribution in [3.8, 4) is 0 Å². The lowest BCUT2D eigenvalue weighted by atomic mass is 10.0. The molecule has 1 amide bonds. The van der Waals surface area contributed by atoms with Gasteiger partial charge in [-0.25, -0.2) is 0 Å². The molecule has 0 saturated carbocycles. The highest BCUT2D eigenvalue weighted by Gasteiger charge is 2.40. The van der Waals surface area contributed by atoms with Gasteiger partial charge >= 0.3 is 0 Å². The number of benzene rings is 2. The summed E-state index contributed by atoms with van der Waals surface area (Å²) >= 11 is 0. The first-order valence-corrected chi connectivity index (χ1v) is 12.6. The van der Waals surface area contributed by atoms with Gasteiger partial charge in [-0.1, -0.05) is 42.5 Å². The van der Waals surface area contributed by atoms with E-state index in [4.69, 9.17) is 0 Å². The zero-order chi connectivity index (χ0) is 22.0. The van der Waals surface area contributed by atoms with Crippen LogP contribution in [0.2, 0.25) is 0 Å². The fraction of sp³-hybridized carbons (Fsp3) is 0.458.